The van der Waals surface area contributed by atoms with E-state index in [1.54, 1.807) is 14.1 Å². The maximum Gasteiger partial charge on any atom is 0.320 e. The minimum atomic E-state index is -0.845. The van der Waals surface area contributed by atoms with Gasteiger partial charge in [0.05, 0.1) is 12.1 Å². The topological polar surface area (TPSA) is 82.5 Å². The molecule has 0 spiro atoms. The summed E-state index contributed by atoms with van der Waals surface area (Å²) in [7, 11) is 3.42. The summed E-state index contributed by atoms with van der Waals surface area (Å²) in [6, 6.07) is -0.571. The third-order valence-electron chi connectivity index (χ3n) is 2.94. The fourth-order valence-corrected chi connectivity index (χ4v) is 2.55. The van der Waals surface area contributed by atoms with Crippen LogP contribution < -0.4 is 5.32 Å². The predicted octanol–water partition coefficient (Wildman–Crippen LogP) is 1.36. The Morgan fingerprint density at radius 3 is 2.62 bits per heavy atom. The normalized spacial score (nSPS) is 12.4. The van der Waals surface area contributed by atoms with Crippen molar-refractivity contribution in [3.05, 3.63) is 16.1 Å². The number of rotatable bonds is 8. The summed E-state index contributed by atoms with van der Waals surface area (Å²) in [4.78, 5) is 28.6. The van der Waals surface area contributed by atoms with E-state index in [4.69, 9.17) is 5.11 Å². The number of hydrogen-bond acceptors (Lipinski definition) is 5. The summed E-state index contributed by atoms with van der Waals surface area (Å²) in [6.45, 7) is 4.38. The number of aromatic nitrogens is 1. The van der Waals surface area contributed by atoms with Gasteiger partial charge in [0.1, 0.15) is 11.0 Å². The zero-order valence-electron chi connectivity index (χ0n) is 12.9. The molecule has 2 N–H and O–H groups in total. The van der Waals surface area contributed by atoms with Crippen molar-refractivity contribution < 1.29 is 14.7 Å². The Hall–Kier alpha value is -1.47. The van der Waals surface area contributed by atoms with E-state index >= 15 is 0 Å². The van der Waals surface area contributed by atoms with Gasteiger partial charge in [-0.1, -0.05) is 13.8 Å². The highest BCUT2D eigenvalue weighted by Gasteiger charge is 2.18. The molecule has 6 nitrogen and oxygen atoms in total. The molecule has 1 aromatic rings. The maximum absolute atomic E-state index is 11.6. The molecule has 0 aliphatic rings. The molecule has 21 heavy (non-hydrogen) atoms. The second kappa shape index (κ2) is 8.09. The Balaban J connectivity index is 2.54. The summed E-state index contributed by atoms with van der Waals surface area (Å²) < 4.78 is 0. The first-order chi connectivity index (χ1) is 9.79. The molecule has 1 aromatic heterocycles. The average molecular weight is 313 g/mol. The lowest BCUT2D eigenvalue weighted by Crippen LogP contribution is -2.37. The monoisotopic (exact) mass is 313 g/mol. The van der Waals surface area contributed by atoms with Crippen molar-refractivity contribution in [2.45, 2.75) is 39.3 Å². The molecule has 1 unspecified atom stereocenters. The van der Waals surface area contributed by atoms with Crippen LogP contribution in [0.3, 0.4) is 0 Å². The Kier molecular flexibility index (Phi) is 6.77. The lowest BCUT2D eigenvalue weighted by Gasteiger charge is -2.15. The van der Waals surface area contributed by atoms with Gasteiger partial charge in [0.25, 0.3) is 0 Å². The number of nitrogens with zero attached hydrogens (tertiary/aromatic N) is 2. The molecule has 0 saturated heterocycles. The van der Waals surface area contributed by atoms with Crippen molar-refractivity contribution in [1.29, 1.82) is 0 Å². The Labute approximate surface area is 129 Å². The van der Waals surface area contributed by atoms with Crippen molar-refractivity contribution in [2.24, 2.45) is 5.92 Å². The highest BCUT2D eigenvalue weighted by atomic mass is 32.1. The van der Waals surface area contributed by atoms with E-state index in [0.717, 1.165) is 10.7 Å². The number of carbonyl (C=O) groups is 2. The molecule has 1 atom stereocenters. The third-order valence-corrected chi connectivity index (χ3v) is 3.83. The van der Waals surface area contributed by atoms with Crippen molar-refractivity contribution >= 4 is 23.2 Å². The summed E-state index contributed by atoms with van der Waals surface area (Å²) in [5.74, 6) is -0.531. The van der Waals surface area contributed by atoms with Crippen LogP contribution in [0, 0.1) is 5.92 Å². The average Bonchev–Trinajstić information content (AvgIpc) is 2.81. The van der Waals surface area contributed by atoms with Crippen molar-refractivity contribution in [3.8, 4) is 0 Å². The second-order valence-electron chi connectivity index (χ2n) is 5.60. The van der Waals surface area contributed by atoms with Crippen LogP contribution in [0.15, 0.2) is 5.38 Å². The molecule has 7 heteroatoms. The summed E-state index contributed by atoms with van der Waals surface area (Å²) in [5.41, 5.74) is 0.775. The summed E-state index contributed by atoms with van der Waals surface area (Å²) in [6.07, 6.45) is 0.859. The number of amides is 1. The first-order valence-electron chi connectivity index (χ1n) is 6.89. The minimum Gasteiger partial charge on any atom is -0.480 e. The smallest absolute Gasteiger partial charge is 0.320 e. The molecule has 0 radical (unpaired) electrons. The van der Waals surface area contributed by atoms with Gasteiger partial charge in [0.2, 0.25) is 5.91 Å². The fourth-order valence-electron chi connectivity index (χ4n) is 1.77. The lowest BCUT2D eigenvalue weighted by molar-refractivity contribution is -0.140. The molecule has 1 rings (SSSR count). The SMILES string of the molecule is CC(C)CC(NCc1csc(CC(=O)N(C)C)n1)C(=O)O. The van der Waals surface area contributed by atoms with Crippen LogP contribution >= 0.6 is 11.3 Å². The molecule has 0 aliphatic heterocycles. The molecule has 0 aliphatic carbocycles. The van der Waals surface area contributed by atoms with Gasteiger partial charge in [0.15, 0.2) is 0 Å². The van der Waals surface area contributed by atoms with Crippen LogP contribution in [0.25, 0.3) is 0 Å². The number of carboxylic acid groups (broad SMARTS) is 1. The van der Waals surface area contributed by atoms with Crippen LogP contribution in [-0.4, -0.2) is 47.0 Å². The molecule has 0 saturated carbocycles. The van der Waals surface area contributed by atoms with Gasteiger partial charge in [-0.05, 0) is 12.3 Å². The summed E-state index contributed by atoms with van der Waals surface area (Å²) >= 11 is 1.42. The molecule has 0 aromatic carbocycles. The van der Waals surface area contributed by atoms with Gasteiger partial charge >= 0.3 is 5.97 Å². The van der Waals surface area contributed by atoms with E-state index in [1.807, 2.05) is 19.2 Å². The Morgan fingerprint density at radius 2 is 2.10 bits per heavy atom. The van der Waals surface area contributed by atoms with E-state index in [2.05, 4.69) is 10.3 Å². The lowest BCUT2D eigenvalue weighted by atomic mass is 10.0. The molecule has 0 fully saturated rings. The van der Waals surface area contributed by atoms with Gasteiger partial charge in [-0.25, -0.2) is 4.98 Å². The van der Waals surface area contributed by atoms with Gasteiger partial charge in [0, 0.05) is 26.0 Å². The summed E-state index contributed by atoms with van der Waals surface area (Å²) in [5, 5.41) is 14.8. The van der Waals surface area contributed by atoms with Crippen LogP contribution in [-0.2, 0) is 22.6 Å². The van der Waals surface area contributed by atoms with Crippen LogP contribution in [0.5, 0.6) is 0 Å². The van der Waals surface area contributed by atoms with Crippen LogP contribution in [0.2, 0.25) is 0 Å². The molecule has 118 valence electrons. The fraction of sp³-hybridized carbons (Fsp3) is 0.643. The number of carbonyl (C=O) groups excluding carboxylic acids is 1. The highest BCUT2D eigenvalue weighted by molar-refractivity contribution is 7.09. The molecular weight excluding hydrogens is 290 g/mol. The Bertz CT molecular complexity index is 486. The van der Waals surface area contributed by atoms with Gasteiger partial charge < -0.3 is 10.0 Å². The van der Waals surface area contributed by atoms with E-state index < -0.39 is 12.0 Å². The zero-order valence-corrected chi connectivity index (χ0v) is 13.7. The van der Waals surface area contributed by atoms with Gasteiger partial charge in [-0.2, -0.15) is 0 Å². The maximum atomic E-state index is 11.6. The first kappa shape index (κ1) is 17.6. The number of hydrogen-bond donors (Lipinski definition) is 2. The van der Waals surface area contributed by atoms with E-state index in [0.29, 0.717) is 18.9 Å². The van der Waals surface area contributed by atoms with Crippen LogP contribution in [0.4, 0.5) is 0 Å². The first-order valence-corrected chi connectivity index (χ1v) is 7.77. The van der Waals surface area contributed by atoms with Gasteiger partial charge in [-0.3, -0.25) is 14.9 Å². The van der Waals surface area contributed by atoms with E-state index in [9.17, 15) is 9.59 Å². The number of carboxylic acids is 1. The molecule has 1 heterocycles. The number of nitrogens with one attached hydrogen (secondary N) is 1. The zero-order chi connectivity index (χ0) is 16.0. The standard InChI is InChI=1S/C14H23N3O3S/c1-9(2)5-11(14(19)20)15-7-10-8-21-12(16-10)6-13(18)17(3)4/h8-9,11,15H,5-7H2,1-4H3,(H,19,20). The Morgan fingerprint density at radius 1 is 1.43 bits per heavy atom. The molecule has 1 amide bonds. The minimum absolute atomic E-state index is 0.00656. The largest absolute Gasteiger partial charge is 0.480 e. The molecule has 0 bridgehead atoms. The predicted molar refractivity (Wildman–Crippen MR) is 82.2 cm³/mol. The van der Waals surface area contributed by atoms with Crippen molar-refractivity contribution in [1.82, 2.24) is 15.2 Å². The quantitative estimate of drug-likeness (QED) is 0.757. The van der Waals surface area contributed by atoms with E-state index in [-0.39, 0.29) is 12.3 Å². The highest BCUT2D eigenvalue weighted by Crippen LogP contribution is 2.12. The van der Waals surface area contributed by atoms with E-state index in [1.165, 1.54) is 16.2 Å². The number of aliphatic carboxylic acids is 1. The van der Waals surface area contributed by atoms with Crippen molar-refractivity contribution in [2.75, 3.05) is 14.1 Å². The van der Waals surface area contributed by atoms with Crippen LogP contribution in [0.1, 0.15) is 31.0 Å². The third kappa shape index (κ3) is 6.22. The molecular formula is C14H23N3O3S. The number of likely N-dealkylation sites (N-methyl/N-ethyl adjacent to an activating group) is 1. The van der Waals surface area contributed by atoms with Gasteiger partial charge in [-0.15, -0.1) is 11.3 Å². The second-order valence-corrected chi connectivity index (χ2v) is 6.54. The van der Waals surface area contributed by atoms with Crippen molar-refractivity contribution in [3.63, 3.8) is 0 Å². The number of thiazole rings is 1.